The second kappa shape index (κ2) is 8.54. The van der Waals surface area contributed by atoms with Crippen LogP contribution in [0.4, 0.5) is 5.69 Å². The van der Waals surface area contributed by atoms with E-state index in [1.165, 1.54) is 12.1 Å². The Labute approximate surface area is 164 Å². The highest BCUT2D eigenvalue weighted by Crippen LogP contribution is 2.27. The zero-order chi connectivity index (χ0) is 20.3. The van der Waals surface area contributed by atoms with Gasteiger partial charge in [-0.15, -0.1) is 0 Å². The number of rotatable bonds is 5. The van der Waals surface area contributed by atoms with Crippen molar-refractivity contribution in [3.63, 3.8) is 0 Å². The Morgan fingerprint density at radius 3 is 2.39 bits per heavy atom. The monoisotopic (exact) mass is 386 g/mol. The SMILES string of the molecule is CC1CCC(N(C)C(=O)COC(=O)c2cccc(N3C(=O)CCC3=O)c2)CC1. The molecular weight excluding hydrogens is 360 g/mol. The van der Waals surface area contributed by atoms with Gasteiger partial charge in [0.2, 0.25) is 11.8 Å². The third-order valence-electron chi connectivity index (χ3n) is 5.64. The van der Waals surface area contributed by atoms with Crippen LogP contribution in [-0.4, -0.2) is 48.3 Å². The van der Waals surface area contributed by atoms with Gasteiger partial charge in [-0.25, -0.2) is 4.79 Å². The molecular formula is C21H26N2O5. The Kier molecular flexibility index (Phi) is 6.11. The highest BCUT2D eigenvalue weighted by molar-refractivity contribution is 6.20. The van der Waals surface area contributed by atoms with Crippen LogP contribution in [0.2, 0.25) is 0 Å². The van der Waals surface area contributed by atoms with Gasteiger partial charge in [0.25, 0.3) is 5.91 Å². The summed E-state index contributed by atoms with van der Waals surface area (Å²) in [6.07, 6.45) is 4.49. The summed E-state index contributed by atoms with van der Waals surface area (Å²) in [5.41, 5.74) is 0.550. The highest BCUT2D eigenvalue weighted by atomic mass is 16.5. The van der Waals surface area contributed by atoms with Crippen LogP contribution in [0.15, 0.2) is 24.3 Å². The van der Waals surface area contributed by atoms with Crippen LogP contribution in [0.5, 0.6) is 0 Å². The average Bonchev–Trinajstić information content (AvgIpc) is 3.04. The average molecular weight is 386 g/mol. The summed E-state index contributed by atoms with van der Waals surface area (Å²) < 4.78 is 5.18. The van der Waals surface area contributed by atoms with Crippen LogP contribution < -0.4 is 4.90 Å². The number of hydrogen-bond acceptors (Lipinski definition) is 5. The summed E-state index contributed by atoms with van der Waals surface area (Å²) in [4.78, 5) is 51.2. The number of nitrogens with zero attached hydrogens (tertiary/aromatic N) is 2. The Morgan fingerprint density at radius 2 is 1.75 bits per heavy atom. The Balaban J connectivity index is 1.57. The first-order valence-electron chi connectivity index (χ1n) is 9.75. The lowest BCUT2D eigenvalue weighted by molar-refractivity contribution is -0.136. The number of imide groups is 1. The van der Waals surface area contributed by atoms with Gasteiger partial charge in [-0.2, -0.15) is 0 Å². The fourth-order valence-electron chi connectivity index (χ4n) is 3.78. The van der Waals surface area contributed by atoms with Gasteiger partial charge in [0.1, 0.15) is 0 Å². The molecule has 0 aromatic heterocycles. The van der Waals surface area contributed by atoms with E-state index in [2.05, 4.69) is 6.92 Å². The number of hydrogen-bond donors (Lipinski definition) is 0. The van der Waals surface area contributed by atoms with E-state index in [1.807, 2.05) is 0 Å². The smallest absolute Gasteiger partial charge is 0.338 e. The molecule has 3 amide bonds. The maximum atomic E-state index is 12.4. The molecule has 2 aliphatic rings. The van der Waals surface area contributed by atoms with E-state index in [-0.39, 0.29) is 48.8 Å². The minimum Gasteiger partial charge on any atom is -0.452 e. The zero-order valence-corrected chi connectivity index (χ0v) is 16.3. The number of benzene rings is 1. The molecule has 1 saturated carbocycles. The van der Waals surface area contributed by atoms with E-state index >= 15 is 0 Å². The summed E-state index contributed by atoms with van der Waals surface area (Å²) in [6, 6.07) is 6.36. The zero-order valence-electron chi connectivity index (χ0n) is 16.3. The third-order valence-corrected chi connectivity index (χ3v) is 5.64. The standard InChI is InChI=1S/C21H26N2O5/c1-14-6-8-16(9-7-14)22(2)20(26)13-28-21(27)15-4-3-5-17(12-15)23-18(24)10-11-19(23)25/h3-5,12,14,16H,6-11,13H2,1-2H3. The van der Waals surface area contributed by atoms with Crippen molar-refractivity contribution in [1.82, 2.24) is 4.90 Å². The van der Waals surface area contributed by atoms with Crippen LogP contribution in [0, 0.1) is 5.92 Å². The maximum Gasteiger partial charge on any atom is 0.338 e. The van der Waals surface area contributed by atoms with E-state index in [0.717, 1.165) is 30.6 Å². The van der Waals surface area contributed by atoms with Crippen molar-refractivity contribution < 1.29 is 23.9 Å². The van der Waals surface area contributed by atoms with Crippen LogP contribution in [0.3, 0.4) is 0 Å². The van der Waals surface area contributed by atoms with Gasteiger partial charge < -0.3 is 9.64 Å². The number of amides is 3. The normalized spacial score (nSPS) is 22.3. The summed E-state index contributed by atoms with van der Waals surface area (Å²) in [5.74, 6) is -0.753. The van der Waals surface area contributed by atoms with Crippen LogP contribution in [0.25, 0.3) is 0 Å². The number of carbonyl (C=O) groups is 4. The number of likely N-dealkylation sites (N-methyl/N-ethyl adjacent to an activating group) is 1. The molecule has 2 fully saturated rings. The first kappa shape index (κ1) is 20.0. The van der Waals surface area contributed by atoms with Gasteiger partial charge in [0.15, 0.2) is 6.61 Å². The first-order valence-corrected chi connectivity index (χ1v) is 9.75. The quantitative estimate of drug-likeness (QED) is 0.574. The Bertz CT molecular complexity index is 767. The summed E-state index contributed by atoms with van der Waals surface area (Å²) in [6.45, 7) is 1.89. The highest BCUT2D eigenvalue weighted by Gasteiger charge is 2.31. The van der Waals surface area contributed by atoms with Crippen molar-refractivity contribution in [2.75, 3.05) is 18.6 Å². The molecule has 1 saturated heterocycles. The molecule has 7 heteroatoms. The lowest BCUT2D eigenvalue weighted by atomic mass is 9.87. The Morgan fingerprint density at radius 1 is 1.11 bits per heavy atom. The van der Waals surface area contributed by atoms with Crippen LogP contribution in [-0.2, 0) is 19.1 Å². The molecule has 7 nitrogen and oxygen atoms in total. The van der Waals surface area contributed by atoms with Crippen molar-refractivity contribution in [1.29, 1.82) is 0 Å². The molecule has 0 atom stereocenters. The molecule has 0 spiro atoms. The summed E-state index contributed by atoms with van der Waals surface area (Å²) in [5, 5.41) is 0. The molecule has 0 N–H and O–H groups in total. The van der Waals surface area contributed by atoms with Crippen molar-refractivity contribution in [2.45, 2.75) is 51.5 Å². The maximum absolute atomic E-state index is 12.4. The molecule has 28 heavy (non-hydrogen) atoms. The van der Waals surface area contributed by atoms with Crippen molar-refractivity contribution in [2.24, 2.45) is 5.92 Å². The van der Waals surface area contributed by atoms with Gasteiger partial charge in [0, 0.05) is 25.9 Å². The predicted molar refractivity (Wildman–Crippen MR) is 103 cm³/mol. The number of ether oxygens (including phenoxy) is 1. The van der Waals surface area contributed by atoms with E-state index in [9.17, 15) is 19.2 Å². The fourth-order valence-corrected chi connectivity index (χ4v) is 3.78. The molecule has 1 aromatic rings. The number of anilines is 1. The van der Waals surface area contributed by atoms with E-state index in [0.29, 0.717) is 11.6 Å². The first-order chi connectivity index (χ1) is 13.4. The molecule has 1 aliphatic carbocycles. The fraction of sp³-hybridized carbons (Fsp3) is 0.524. The van der Waals surface area contributed by atoms with Gasteiger partial charge in [-0.1, -0.05) is 13.0 Å². The minimum absolute atomic E-state index is 0.175. The molecule has 150 valence electrons. The van der Waals surface area contributed by atoms with Crippen LogP contribution >= 0.6 is 0 Å². The largest absolute Gasteiger partial charge is 0.452 e. The lowest BCUT2D eigenvalue weighted by Crippen LogP contribution is -2.41. The molecule has 3 rings (SSSR count). The van der Waals surface area contributed by atoms with E-state index < -0.39 is 5.97 Å². The molecule has 1 aromatic carbocycles. The number of carbonyl (C=O) groups excluding carboxylic acids is 4. The van der Waals surface area contributed by atoms with E-state index in [1.54, 1.807) is 24.1 Å². The number of esters is 1. The minimum atomic E-state index is -0.653. The van der Waals surface area contributed by atoms with Crippen molar-refractivity contribution in [3.8, 4) is 0 Å². The molecule has 0 unspecified atom stereocenters. The molecule has 0 radical (unpaired) electrons. The summed E-state index contributed by atoms with van der Waals surface area (Å²) >= 11 is 0. The molecule has 1 heterocycles. The second-order valence-electron chi connectivity index (χ2n) is 7.67. The second-order valence-corrected chi connectivity index (χ2v) is 7.67. The third kappa shape index (κ3) is 4.40. The van der Waals surface area contributed by atoms with Crippen molar-refractivity contribution in [3.05, 3.63) is 29.8 Å². The predicted octanol–water partition coefficient (Wildman–Crippen LogP) is 2.53. The topological polar surface area (TPSA) is 84.0 Å². The van der Waals surface area contributed by atoms with Gasteiger partial charge >= 0.3 is 5.97 Å². The molecule has 0 bridgehead atoms. The summed E-state index contributed by atoms with van der Waals surface area (Å²) in [7, 11) is 1.75. The van der Waals surface area contributed by atoms with Crippen molar-refractivity contribution >= 4 is 29.4 Å². The van der Waals surface area contributed by atoms with Crippen LogP contribution in [0.1, 0.15) is 55.8 Å². The Hall–Kier alpha value is -2.70. The lowest BCUT2D eigenvalue weighted by Gasteiger charge is -2.33. The molecule has 1 aliphatic heterocycles. The van der Waals surface area contributed by atoms with Gasteiger partial charge in [-0.3, -0.25) is 19.3 Å². The van der Waals surface area contributed by atoms with Gasteiger partial charge in [0.05, 0.1) is 11.3 Å². The van der Waals surface area contributed by atoms with Gasteiger partial charge in [-0.05, 0) is 49.8 Å². The van der Waals surface area contributed by atoms with E-state index in [4.69, 9.17) is 4.74 Å².